The van der Waals surface area contributed by atoms with Crippen LogP contribution in [0, 0.1) is 5.41 Å². The number of rotatable bonds is 3. The van der Waals surface area contributed by atoms with Crippen LogP contribution in [0.3, 0.4) is 0 Å². The number of hydrogen-bond acceptors (Lipinski definition) is 4. The molecule has 2 saturated heterocycles. The molecule has 2 aromatic heterocycles. The zero-order chi connectivity index (χ0) is 18.1. The fourth-order valence-electron chi connectivity index (χ4n) is 3.81. The minimum Gasteiger partial charge on any atom is -0.378 e. The molecule has 140 valence electrons. The highest BCUT2D eigenvalue weighted by molar-refractivity contribution is 5.94. The summed E-state index contributed by atoms with van der Waals surface area (Å²) in [5.74, 6) is 0.0318. The number of likely N-dealkylation sites (tertiary alicyclic amines) is 1. The second-order valence-electron chi connectivity index (χ2n) is 8.18. The number of pyridine rings is 1. The number of carbonyl (C=O) groups is 1. The van der Waals surface area contributed by atoms with Gasteiger partial charge < -0.3 is 14.0 Å². The van der Waals surface area contributed by atoms with Gasteiger partial charge in [-0.1, -0.05) is 19.9 Å². The van der Waals surface area contributed by atoms with E-state index in [1.165, 1.54) is 12.8 Å². The second-order valence-corrected chi connectivity index (χ2v) is 8.18. The van der Waals surface area contributed by atoms with E-state index in [-0.39, 0.29) is 5.91 Å². The zero-order valence-electron chi connectivity index (χ0n) is 15.8. The van der Waals surface area contributed by atoms with Gasteiger partial charge >= 0.3 is 0 Å². The third kappa shape index (κ3) is 3.48. The summed E-state index contributed by atoms with van der Waals surface area (Å²) >= 11 is 0. The number of amides is 1. The van der Waals surface area contributed by atoms with E-state index in [2.05, 4.69) is 28.1 Å². The summed E-state index contributed by atoms with van der Waals surface area (Å²) < 4.78 is 7.46. The first-order valence-electron chi connectivity index (χ1n) is 9.59. The summed E-state index contributed by atoms with van der Waals surface area (Å²) in [6.07, 6.45) is 4.40. The highest BCUT2D eigenvalue weighted by atomic mass is 16.5. The monoisotopic (exact) mass is 356 g/mol. The second kappa shape index (κ2) is 7.00. The summed E-state index contributed by atoms with van der Waals surface area (Å²) in [6, 6.07) is 5.94. The summed E-state index contributed by atoms with van der Waals surface area (Å²) in [5, 5.41) is 0. The number of ether oxygens (including phenoxy) is 1. The van der Waals surface area contributed by atoms with Crippen LogP contribution < -0.4 is 0 Å². The van der Waals surface area contributed by atoms with Gasteiger partial charge in [0.25, 0.3) is 5.91 Å². The van der Waals surface area contributed by atoms with Crippen molar-refractivity contribution < 1.29 is 9.53 Å². The molecule has 0 N–H and O–H groups in total. The van der Waals surface area contributed by atoms with E-state index in [4.69, 9.17) is 4.74 Å². The molecule has 4 rings (SSSR count). The smallest absolute Gasteiger partial charge is 0.274 e. The molecule has 6 heteroatoms. The fraction of sp³-hybridized carbons (Fsp3) is 0.600. The van der Waals surface area contributed by atoms with Crippen LogP contribution >= 0.6 is 0 Å². The Morgan fingerprint density at radius 1 is 1.15 bits per heavy atom. The maximum Gasteiger partial charge on any atom is 0.274 e. The summed E-state index contributed by atoms with van der Waals surface area (Å²) in [4.78, 5) is 22.1. The van der Waals surface area contributed by atoms with Crippen molar-refractivity contribution in [2.75, 3.05) is 39.4 Å². The molecule has 0 radical (unpaired) electrons. The molecule has 1 amide bonds. The highest BCUT2D eigenvalue weighted by Crippen LogP contribution is 2.30. The lowest BCUT2D eigenvalue weighted by molar-refractivity contribution is 0.0297. The first kappa shape index (κ1) is 17.5. The number of morpholine rings is 1. The molecule has 0 saturated carbocycles. The van der Waals surface area contributed by atoms with Crippen molar-refractivity contribution in [1.82, 2.24) is 19.2 Å². The normalized spacial score (nSPS) is 21.2. The van der Waals surface area contributed by atoms with E-state index in [1.807, 2.05) is 29.3 Å². The largest absolute Gasteiger partial charge is 0.378 e. The standard InChI is InChI=1S/C20H28N4O2/c1-20(2)6-9-22(10-7-20)15-16-18(19(25)23-11-13-26-14-12-23)21-17-5-3-4-8-24(16)17/h3-5,8H,6-7,9-15H2,1-2H3. The minimum atomic E-state index is 0.0318. The van der Waals surface area contributed by atoms with Gasteiger partial charge in [-0.2, -0.15) is 0 Å². The molecular weight excluding hydrogens is 328 g/mol. The van der Waals surface area contributed by atoms with Gasteiger partial charge in [-0.25, -0.2) is 4.98 Å². The van der Waals surface area contributed by atoms with Crippen LogP contribution in [0.5, 0.6) is 0 Å². The molecule has 2 aromatic rings. The average molecular weight is 356 g/mol. The van der Waals surface area contributed by atoms with E-state index < -0.39 is 0 Å². The van der Waals surface area contributed by atoms with E-state index in [0.717, 1.165) is 31.0 Å². The van der Waals surface area contributed by atoms with Crippen molar-refractivity contribution in [3.63, 3.8) is 0 Å². The molecule has 0 spiro atoms. The molecule has 6 nitrogen and oxygen atoms in total. The summed E-state index contributed by atoms with van der Waals surface area (Å²) in [7, 11) is 0. The van der Waals surface area contributed by atoms with Crippen molar-refractivity contribution in [3.05, 3.63) is 35.8 Å². The fourth-order valence-corrected chi connectivity index (χ4v) is 3.81. The Bertz CT molecular complexity index is 782. The predicted molar refractivity (Wildman–Crippen MR) is 100 cm³/mol. The Hall–Kier alpha value is -1.92. The Kier molecular flexibility index (Phi) is 4.71. The third-order valence-corrected chi connectivity index (χ3v) is 5.71. The lowest BCUT2D eigenvalue weighted by Crippen LogP contribution is -2.42. The molecule has 0 bridgehead atoms. The van der Waals surface area contributed by atoms with Crippen molar-refractivity contribution in [1.29, 1.82) is 0 Å². The third-order valence-electron chi connectivity index (χ3n) is 5.71. The number of hydrogen-bond donors (Lipinski definition) is 0. The number of aromatic nitrogens is 2. The van der Waals surface area contributed by atoms with Crippen LogP contribution in [-0.2, 0) is 11.3 Å². The Balaban J connectivity index is 1.62. The SMILES string of the molecule is CC1(C)CCN(Cc2c(C(=O)N3CCOCC3)nc3ccccn23)CC1. The molecule has 2 fully saturated rings. The van der Waals surface area contributed by atoms with Gasteiger partial charge in [0, 0.05) is 25.8 Å². The molecule has 4 heterocycles. The first-order valence-corrected chi connectivity index (χ1v) is 9.59. The zero-order valence-corrected chi connectivity index (χ0v) is 15.8. The Morgan fingerprint density at radius 3 is 2.62 bits per heavy atom. The van der Waals surface area contributed by atoms with Crippen LogP contribution in [0.1, 0.15) is 42.9 Å². The molecule has 0 atom stereocenters. The van der Waals surface area contributed by atoms with E-state index in [1.54, 1.807) is 0 Å². The number of fused-ring (bicyclic) bond motifs is 1. The van der Waals surface area contributed by atoms with Crippen LogP contribution in [-0.4, -0.2) is 64.5 Å². The van der Waals surface area contributed by atoms with Crippen molar-refractivity contribution in [2.24, 2.45) is 5.41 Å². The lowest BCUT2D eigenvalue weighted by atomic mass is 9.82. The van der Waals surface area contributed by atoms with Crippen LogP contribution in [0.2, 0.25) is 0 Å². The minimum absolute atomic E-state index is 0.0318. The van der Waals surface area contributed by atoms with Crippen LogP contribution in [0.4, 0.5) is 0 Å². The quantitative estimate of drug-likeness (QED) is 0.848. The number of piperidine rings is 1. The molecular formula is C20H28N4O2. The van der Waals surface area contributed by atoms with Gasteiger partial charge in [0.2, 0.25) is 0 Å². The molecule has 0 aromatic carbocycles. The number of nitrogens with zero attached hydrogens (tertiary/aromatic N) is 4. The topological polar surface area (TPSA) is 50.1 Å². The van der Waals surface area contributed by atoms with Gasteiger partial charge in [0.05, 0.1) is 18.9 Å². The van der Waals surface area contributed by atoms with E-state index >= 15 is 0 Å². The number of carbonyl (C=O) groups excluding carboxylic acids is 1. The van der Waals surface area contributed by atoms with Crippen LogP contribution in [0.25, 0.3) is 5.65 Å². The molecule has 2 aliphatic heterocycles. The van der Waals surface area contributed by atoms with Crippen molar-refractivity contribution in [2.45, 2.75) is 33.2 Å². The maximum absolute atomic E-state index is 13.1. The van der Waals surface area contributed by atoms with E-state index in [9.17, 15) is 4.79 Å². The van der Waals surface area contributed by atoms with Crippen molar-refractivity contribution >= 4 is 11.6 Å². The number of imidazole rings is 1. The van der Waals surface area contributed by atoms with Gasteiger partial charge in [-0.15, -0.1) is 0 Å². The van der Waals surface area contributed by atoms with Crippen molar-refractivity contribution in [3.8, 4) is 0 Å². The van der Waals surface area contributed by atoms with Gasteiger partial charge in [0.1, 0.15) is 5.65 Å². The van der Waals surface area contributed by atoms with E-state index in [0.29, 0.717) is 37.4 Å². The Morgan fingerprint density at radius 2 is 1.88 bits per heavy atom. The van der Waals surface area contributed by atoms with Gasteiger partial charge in [-0.3, -0.25) is 9.69 Å². The highest BCUT2D eigenvalue weighted by Gasteiger charge is 2.29. The molecule has 0 unspecified atom stereocenters. The van der Waals surface area contributed by atoms with Gasteiger partial charge in [-0.05, 0) is 43.5 Å². The lowest BCUT2D eigenvalue weighted by Gasteiger charge is -2.37. The van der Waals surface area contributed by atoms with Gasteiger partial charge in [0.15, 0.2) is 5.69 Å². The maximum atomic E-state index is 13.1. The predicted octanol–water partition coefficient (Wildman–Crippen LogP) is 2.43. The molecule has 2 aliphatic rings. The molecule has 0 aliphatic carbocycles. The first-order chi connectivity index (χ1) is 12.5. The Labute approximate surface area is 154 Å². The summed E-state index contributed by atoms with van der Waals surface area (Å²) in [6.45, 7) is 10.1. The molecule has 26 heavy (non-hydrogen) atoms. The summed E-state index contributed by atoms with van der Waals surface area (Å²) in [5.41, 5.74) is 2.87. The van der Waals surface area contributed by atoms with Crippen LogP contribution in [0.15, 0.2) is 24.4 Å². The average Bonchev–Trinajstić information content (AvgIpc) is 3.02.